The first kappa shape index (κ1) is 32.8. The maximum absolute atomic E-state index is 14.0. The fourth-order valence-electron chi connectivity index (χ4n) is 4.00. The van der Waals surface area contributed by atoms with Crippen LogP contribution in [0.4, 0.5) is 5.69 Å². The van der Waals surface area contributed by atoms with Crippen molar-refractivity contribution in [3.63, 3.8) is 0 Å². The van der Waals surface area contributed by atoms with Crippen molar-refractivity contribution < 1.29 is 18.0 Å². The number of rotatable bonds is 12. The van der Waals surface area contributed by atoms with E-state index in [4.69, 9.17) is 23.2 Å². The Labute approximate surface area is 257 Å². The first-order valence-corrected chi connectivity index (χ1v) is 16.6. The first-order chi connectivity index (χ1) is 19.4. The predicted octanol–water partition coefficient (Wildman–Crippen LogP) is 6.55. The van der Waals surface area contributed by atoms with E-state index < -0.39 is 28.5 Å². The molecule has 3 aromatic rings. The molecule has 0 aromatic heterocycles. The molecule has 3 rings (SSSR count). The maximum atomic E-state index is 14.0. The Morgan fingerprint density at radius 3 is 2.15 bits per heavy atom. The predicted molar refractivity (Wildman–Crippen MR) is 168 cm³/mol. The summed E-state index contributed by atoms with van der Waals surface area (Å²) in [5.41, 5.74) is 1.93. The molecule has 0 saturated heterocycles. The average molecular weight is 637 g/mol. The van der Waals surface area contributed by atoms with Crippen LogP contribution in [-0.2, 0) is 26.2 Å². The first-order valence-electron chi connectivity index (χ1n) is 13.1. The number of hydrogen-bond donors (Lipinski definition) is 1. The molecule has 0 fully saturated rings. The summed E-state index contributed by atoms with van der Waals surface area (Å²) >= 11 is 13.8. The molecule has 220 valence electrons. The van der Waals surface area contributed by atoms with Crippen molar-refractivity contribution in [3.05, 3.63) is 87.9 Å². The molecule has 2 atom stereocenters. The van der Waals surface area contributed by atoms with E-state index in [0.29, 0.717) is 27.7 Å². The highest BCUT2D eigenvalue weighted by Gasteiger charge is 2.33. The van der Waals surface area contributed by atoms with Gasteiger partial charge in [0.2, 0.25) is 11.8 Å². The molecule has 7 nitrogen and oxygen atoms in total. The quantitative estimate of drug-likeness (QED) is 0.228. The largest absolute Gasteiger partial charge is 0.352 e. The summed E-state index contributed by atoms with van der Waals surface area (Å²) in [6.45, 7) is 6.85. The minimum Gasteiger partial charge on any atom is -0.352 e. The summed E-state index contributed by atoms with van der Waals surface area (Å²) in [7, 11) is -4.14. The van der Waals surface area contributed by atoms with Crippen molar-refractivity contribution in [2.75, 3.05) is 17.1 Å². The zero-order valence-electron chi connectivity index (χ0n) is 23.7. The van der Waals surface area contributed by atoms with E-state index in [1.807, 2.05) is 27.0 Å². The molecule has 0 aliphatic heterocycles. The number of carbonyl (C=O) groups is 2. The van der Waals surface area contributed by atoms with E-state index in [0.717, 1.165) is 14.8 Å². The van der Waals surface area contributed by atoms with Gasteiger partial charge < -0.3 is 10.2 Å². The van der Waals surface area contributed by atoms with E-state index in [-0.39, 0.29) is 23.4 Å². The van der Waals surface area contributed by atoms with Gasteiger partial charge >= 0.3 is 0 Å². The van der Waals surface area contributed by atoms with Crippen LogP contribution in [0.15, 0.2) is 76.5 Å². The Kier molecular flexibility index (Phi) is 11.6. The second kappa shape index (κ2) is 14.4. The smallest absolute Gasteiger partial charge is 0.264 e. The lowest BCUT2D eigenvalue weighted by Gasteiger charge is -2.32. The third-order valence-electron chi connectivity index (χ3n) is 6.75. The normalized spacial score (nSPS) is 12.9. The Balaban J connectivity index is 2.03. The highest BCUT2D eigenvalue weighted by atomic mass is 35.5. The summed E-state index contributed by atoms with van der Waals surface area (Å²) in [5.74, 6) is -0.891. The molecule has 0 saturated carbocycles. The van der Waals surface area contributed by atoms with Gasteiger partial charge in [-0.2, -0.15) is 0 Å². The van der Waals surface area contributed by atoms with E-state index in [9.17, 15) is 18.0 Å². The van der Waals surface area contributed by atoms with Gasteiger partial charge in [-0.25, -0.2) is 8.42 Å². The van der Waals surface area contributed by atoms with Gasteiger partial charge in [-0.3, -0.25) is 13.9 Å². The minimum absolute atomic E-state index is 0.0228. The van der Waals surface area contributed by atoms with E-state index in [2.05, 4.69) is 5.32 Å². The number of nitrogens with zero attached hydrogens (tertiary/aromatic N) is 2. The lowest BCUT2D eigenvalue weighted by atomic mass is 10.1. The van der Waals surface area contributed by atoms with E-state index >= 15 is 0 Å². The molecule has 41 heavy (non-hydrogen) atoms. The molecule has 0 radical (unpaired) electrons. The Morgan fingerprint density at radius 2 is 1.59 bits per heavy atom. The number of benzene rings is 3. The van der Waals surface area contributed by atoms with Gasteiger partial charge in [0, 0.05) is 17.5 Å². The van der Waals surface area contributed by atoms with Crippen molar-refractivity contribution >= 4 is 62.5 Å². The van der Waals surface area contributed by atoms with Crippen molar-refractivity contribution in [1.82, 2.24) is 10.2 Å². The van der Waals surface area contributed by atoms with Crippen molar-refractivity contribution in [3.8, 4) is 0 Å². The topological polar surface area (TPSA) is 86.8 Å². The number of carbonyl (C=O) groups excluding carboxylic acids is 2. The van der Waals surface area contributed by atoms with Crippen LogP contribution in [-0.4, -0.2) is 50.0 Å². The lowest BCUT2D eigenvalue weighted by Crippen LogP contribution is -2.52. The van der Waals surface area contributed by atoms with Crippen LogP contribution >= 0.6 is 35.0 Å². The fourth-order valence-corrected chi connectivity index (χ4v) is 6.14. The number of halogens is 2. The molecule has 1 N–H and O–H groups in total. The van der Waals surface area contributed by atoms with Crippen molar-refractivity contribution in [2.24, 2.45) is 0 Å². The number of nitrogens with one attached hydrogen (secondary N) is 1. The van der Waals surface area contributed by atoms with E-state index in [1.165, 1.54) is 28.8 Å². The molecule has 0 aliphatic carbocycles. The molecule has 0 bridgehead atoms. The molecule has 3 aromatic carbocycles. The lowest BCUT2D eigenvalue weighted by molar-refractivity contribution is -0.139. The molecule has 2 amide bonds. The standard InChI is InChI=1S/C30H35Cl2N3O4S2/c1-6-21(3)33-30(37)22(4)34(18-23-9-16-27(31)28(32)17-23)29(36)19-35(24-10-7-20(2)8-11-24)41(38,39)26-14-12-25(40-5)13-15-26/h7-17,21-22H,6,18-19H2,1-5H3,(H,33,37). The fraction of sp³-hybridized carbons (Fsp3) is 0.333. The summed E-state index contributed by atoms with van der Waals surface area (Å²) in [6.07, 6.45) is 2.62. The van der Waals surface area contributed by atoms with Crippen molar-refractivity contribution in [1.29, 1.82) is 0 Å². The number of sulfonamides is 1. The average Bonchev–Trinajstić information content (AvgIpc) is 2.96. The van der Waals surface area contributed by atoms with Crippen LogP contribution in [0, 0.1) is 6.92 Å². The van der Waals surface area contributed by atoms with E-state index in [1.54, 1.807) is 61.5 Å². The molecular weight excluding hydrogens is 601 g/mol. The second-order valence-electron chi connectivity index (χ2n) is 9.79. The SMILES string of the molecule is CCC(C)NC(=O)C(C)N(Cc1ccc(Cl)c(Cl)c1)C(=O)CN(c1ccc(C)cc1)S(=O)(=O)c1ccc(SC)cc1. The van der Waals surface area contributed by atoms with Gasteiger partial charge in [-0.05, 0) is 87.5 Å². The third kappa shape index (κ3) is 8.41. The zero-order chi connectivity index (χ0) is 30.3. The summed E-state index contributed by atoms with van der Waals surface area (Å²) < 4.78 is 29.0. The Bertz CT molecular complexity index is 1470. The molecule has 11 heteroatoms. The summed E-state index contributed by atoms with van der Waals surface area (Å²) in [6, 6.07) is 17.4. The monoisotopic (exact) mass is 635 g/mol. The van der Waals surface area contributed by atoms with Crippen LogP contribution in [0.5, 0.6) is 0 Å². The highest BCUT2D eigenvalue weighted by molar-refractivity contribution is 7.98. The second-order valence-corrected chi connectivity index (χ2v) is 13.3. The molecule has 0 aliphatic rings. The van der Waals surface area contributed by atoms with Gasteiger partial charge in [0.25, 0.3) is 10.0 Å². The van der Waals surface area contributed by atoms with Crippen LogP contribution < -0.4 is 9.62 Å². The Morgan fingerprint density at radius 1 is 0.951 bits per heavy atom. The minimum atomic E-state index is -4.14. The third-order valence-corrected chi connectivity index (χ3v) is 10.0. The van der Waals surface area contributed by atoms with Gasteiger partial charge in [0.1, 0.15) is 12.6 Å². The molecule has 0 spiro atoms. The number of anilines is 1. The van der Waals surface area contributed by atoms with Crippen LogP contribution in [0.25, 0.3) is 0 Å². The molecule has 0 heterocycles. The zero-order valence-corrected chi connectivity index (χ0v) is 26.9. The highest BCUT2D eigenvalue weighted by Crippen LogP contribution is 2.27. The molecule has 2 unspecified atom stereocenters. The van der Waals surface area contributed by atoms with Crippen LogP contribution in [0.1, 0.15) is 38.3 Å². The van der Waals surface area contributed by atoms with Gasteiger partial charge in [0.05, 0.1) is 20.6 Å². The number of thioether (sulfide) groups is 1. The van der Waals surface area contributed by atoms with Gasteiger partial charge in [0.15, 0.2) is 0 Å². The number of amides is 2. The van der Waals surface area contributed by atoms with Gasteiger partial charge in [-0.15, -0.1) is 11.8 Å². The van der Waals surface area contributed by atoms with Crippen molar-refractivity contribution in [2.45, 2.75) is 62.5 Å². The summed E-state index contributed by atoms with van der Waals surface area (Å²) in [4.78, 5) is 29.5. The van der Waals surface area contributed by atoms with Crippen LogP contribution in [0.2, 0.25) is 10.0 Å². The van der Waals surface area contributed by atoms with Gasteiger partial charge in [-0.1, -0.05) is 53.9 Å². The number of hydrogen-bond acceptors (Lipinski definition) is 5. The summed E-state index contributed by atoms with van der Waals surface area (Å²) in [5, 5.41) is 3.59. The Hall–Kier alpha value is -2.72. The van der Waals surface area contributed by atoms with Crippen LogP contribution in [0.3, 0.4) is 0 Å². The molecular formula is C30H35Cl2N3O4S2. The maximum Gasteiger partial charge on any atom is 0.264 e. The number of aryl methyl sites for hydroxylation is 1.